The van der Waals surface area contributed by atoms with Crippen LogP contribution in [0.5, 0.6) is 0 Å². The third kappa shape index (κ3) is 3.28. The van der Waals surface area contributed by atoms with E-state index in [4.69, 9.17) is 5.73 Å². The fourth-order valence-electron chi connectivity index (χ4n) is 2.08. The van der Waals surface area contributed by atoms with Crippen molar-refractivity contribution in [3.05, 3.63) is 52.1 Å². The number of benzene rings is 1. The Balaban J connectivity index is 2.49. The highest BCUT2D eigenvalue weighted by molar-refractivity contribution is 5.70. The first-order valence-corrected chi connectivity index (χ1v) is 6.56. The van der Waals surface area contributed by atoms with Gasteiger partial charge in [0.2, 0.25) is 5.82 Å². The minimum Gasteiger partial charge on any atom is -0.384 e. The summed E-state index contributed by atoms with van der Waals surface area (Å²) < 4.78 is 0. The van der Waals surface area contributed by atoms with E-state index in [9.17, 15) is 10.1 Å². The maximum absolute atomic E-state index is 11.1. The Hall–Kier alpha value is -2.63. The normalized spacial score (nSPS) is 11.2. The van der Waals surface area contributed by atoms with Crippen LogP contribution in [0.1, 0.15) is 26.3 Å². The number of nitrogens with one attached hydrogen (secondary N) is 1. The van der Waals surface area contributed by atoms with E-state index < -0.39 is 4.92 Å². The second-order valence-corrected chi connectivity index (χ2v) is 5.78. The summed E-state index contributed by atoms with van der Waals surface area (Å²) in [6.07, 6.45) is 0. The molecule has 6 nitrogen and oxygen atoms in total. The Morgan fingerprint density at radius 3 is 2.48 bits per heavy atom. The minimum atomic E-state index is -0.478. The number of para-hydroxylation sites is 1. The van der Waals surface area contributed by atoms with Gasteiger partial charge >= 0.3 is 5.69 Å². The zero-order valence-corrected chi connectivity index (χ0v) is 12.3. The van der Waals surface area contributed by atoms with Gasteiger partial charge in [-0.3, -0.25) is 10.1 Å². The van der Waals surface area contributed by atoms with Crippen molar-refractivity contribution in [2.24, 2.45) is 0 Å². The molecular formula is C15H18N4O2. The van der Waals surface area contributed by atoms with Crippen molar-refractivity contribution in [3.8, 4) is 0 Å². The molecule has 0 amide bonds. The Kier molecular flexibility index (Phi) is 3.80. The van der Waals surface area contributed by atoms with Crippen LogP contribution in [0.4, 0.5) is 23.0 Å². The van der Waals surface area contributed by atoms with Gasteiger partial charge in [-0.1, -0.05) is 39.0 Å². The van der Waals surface area contributed by atoms with Crippen molar-refractivity contribution in [3.63, 3.8) is 0 Å². The van der Waals surface area contributed by atoms with E-state index in [-0.39, 0.29) is 22.7 Å². The molecule has 0 atom stereocenters. The molecular weight excluding hydrogens is 268 g/mol. The van der Waals surface area contributed by atoms with Gasteiger partial charge in [-0.25, -0.2) is 4.98 Å². The summed E-state index contributed by atoms with van der Waals surface area (Å²) in [5, 5.41) is 14.1. The average Bonchev–Trinajstić information content (AvgIpc) is 2.37. The maximum atomic E-state index is 11.1. The number of anilines is 3. The van der Waals surface area contributed by atoms with Crippen LogP contribution in [0.3, 0.4) is 0 Å². The van der Waals surface area contributed by atoms with E-state index in [2.05, 4.69) is 31.1 Å². The van der Waals surface area contributed by atoms with Crippen molar-refractivity contribution >= 4 is 23.0 Å². The molecule has 0 spiro atoms. The van der Waals surface area contributed by atoms with Gasteiger partial charge in [0.25, 0.3) is 0 Å². The molecule has 1 aromatic carbocycles. The quantitative estimate of drug-likeness (QED) is 0.664. The Labute approximate surface area is 123 Å². The molecule has 0 fully saturated rings. The highest BCUT2D eigenvalue weighted by Crippen LogP contribution is 2.33. The molecule has 0 radical (unpaired) electrons. The van der Waals surface area contributed by atoms with E-state index in [1.165, 1.54) is 12.1 Å². The van der Waals surface area contributed by atoms with Crippen LogP contribution in [0.25, 0.3) is 0 Å². The second-order valence-electron chi connectivity index (χ2n) is 5.78. The summed E-state index contributed by atoms with van der Waals surface area (Å²) in [6.45, 7) is 6.23. The zero-order valence-electron chi connectivity index (χ0n) is 12.3. The van der Waals surface area contributed by atoms with Crippen LogP contribution in [-0.2, 0) is 5.41 Å². The van der Waals surface area contributed by atoms with Gasteiger partial charge in [-0.2, -0.15) is 0 Å². The van der Waals surface area contributed by atoms with Crippen molar-refractivity contribution in [1.29, 1.82) is 0 Å². The van der Waals surface area contributed by atoms with E-state index in [0.29, 0.717) is 0 Å². The summed E-state index contributed by atoms with van der Waals surface area (Å²) >= 11 is 0. The lowest BCUT2D eigenvalue weighted by Crippen LogP contribution is -2.14. The van der Waals surface area contributed by atoms with Gasteiger partial charge in [-0.15, -0.1) is 0 Å². The van der Waals surface area contributed by atoms with Crippen molar-refractivity contribution in [2.45, 2.75) is 26.2 Å². The monoisotopic (exact) mass is 286 g/mol. The van der Waals surface area contributed by atoms with Gasteiger partial charge in [0, 0.05) is 11.8 Å². The highest BCUT2D eigenvalue weighted by atomic mass is 16.6. The first-order valence-electron chi connectivity index (χ1n) is 6.56. The fourth-order valence-corrected chi connectivity index (χ4v) is 2.08. The number of nitrogens with two attached hydrogens (primary N) is 1. The van der Waals surface area contributed by atoms with Crippen molar-refractivity contribution in [1.82, 2.24) is 4.98 Å². The van der Waals surface area contributed by atoms with E-state index in [0.717, 1.165) is 11.3 Å². The topological polar surface area (TPSA) is 94.1 Å². The Morgan fingerprint density at radius 1 is 1.19 bits per heavy atom. The Bertz CT molecular complexity index is 678. The van der Waals surface area contributed by atoms with Crippen LogP contribution in [0.2, 0.25) is 0 Å². The number of nitro groups is 1. The number of nitrogens with zero attached hydrogens (tertiary/aromatic N) is 2. The SMILES string of the molecule is CC(C)(C)c1ccccc1Nc1nc(N)ccc1[N+](=O)[O-]. The predicted molar refractivity (Wildman–Crippen MR) is 83.7 cm³/mol. The molecule has 110 valence electrons. The number of hydrogen-bond donors (Lipinski definition) is 2. The lowest BCUT2D eigenvalue weighted by molar-refractivity contribution is -0.384. The zero-order chi connectivity index (χ0) is 15.6. The fraction of sp³-hybridized carbons (Fsp3) is 0.267. The summed E-state index contributed by atoms with van der Waals surface area (Å²) in [6, 6.07) is 10.4. The molecule has 2 rings (SSSR count). The summed E-state index contributed by atoms with van der Waals surface area (Å²) in [5.41, 5.74) is 7.26. The molecule has 2 aromatic rings. The van der Waals surface area contributed by atoms with Gasteiger partial charge in [0.1, 0.15) is 5.82 Å². The van der Waals surface area contributed by atoms with Crippen LogP contribution in [0, 0.1) is 10.1 Å². The number of aromatic nitrogens is 1. The van der Waals surface area contributed by atoms with E-state index in [1.54, 1.807) is 0 Å². The molecule has 0 aliphatic rings. The van der Waals surface area contributed by atoms with Crippen molar-refractivity contribution in [2.75, 3.05) is 11.1 Å². The highest BCUT2D eigenvalue weighted by Gasteiger charge is 2.21. The van der Waals surface area contributed by atoms with E-state index >= 15 is 0 Å². The van der Waals surface area contributed by atoms with Crippen LogP contribution >= 0.6 is 0 Å². The Morgan fingerprint density at radius 2 is 1.86 bits per heavy atom. The van der Waals surface area contributed by atoms with Gasteiger partial charge < -0.3 is 11.1 Å². The minimum absolute atomic E-state index is 0.0985. The standard InChI is InChI=1S/C15H18N4O2/c1-15(2,3)10-6-4-5-7-11(10)17-14-12(19(20)21)8-9-13(16)18-14/h4-9H,1-3H3,(H3,16,17,18). The molecule has 0 saturated carbocycles. The van der Waals surface area contributed by atoms with Gasteiger partial charge in [0.15, 0.2) is 0 Å². The van der Waals surface area contributed by atoms with Gasteiger partial charge in [-0.05, 0) is 23.1 Å². The summed E-state index contributed by atoms with van der Waals surface area (Å²) in [5.74, 6) is 0.382. The smallest absolute Gasteiger partial charge is 0.311 e. The number of hydrogen-bond acceptors (Lipinski definition) is 5. The lowest BCUT2D eigenvalue weighted by Gasteiger charge is -2.23. The average molecular weight is 286 g/mol. The predicted octanol–water partition coefficient (Wildman–Crippen LogP) is 3.61. The molecule has 1 heterocycles. The van der Waals surface area contributed by atoms with Crippen LogP contribution in [0.15, 0.2) is 36.4 Å². The molecule has 0 bridgehead atoms. The molecule has 0 saturated heterocycles. The van der Waals surface area contributed by atoms with Gasteiger partial charge in [0.05, 0.1) is 4.92 Å². The molecule has 0 aliphatic heterocycles. The molecule has 21 heavy (non-hydrogen) atoms. The third-order valence-electron chi connectivity index (χ3n) is 3.08. The molecule has 0 unspecified atom stereocenters. The molecule has 6 heteroatoms. The first-order chi connectivity index (χ1) is 9.79. The molecule has 0 aliphatic carbocycles. The second kappa shape index (κ2) is 5.40. The van der Waals surface area contributed by atoms with E-state index in [1.807, 2.05) is 24.3 Å². The number of rotatable bonds is 3. The molecule has 3 N–H and O–H groups in total. The number of pyridine rings is 1. The number of nitrogen functional groups attached to an aromatic ring is 1. The van der Waals surface area contributed by atoms with Crippen LogP contribution in [-0.4, -0.2) is 9.91 Å². The lowest BCUT2D eigenvalue weighted by atomic mass is 9.86. The largest absolute Gasteiger partial charge is 0.384 e. The van der Waals surface area contributed by atoms with Crippen LogP contribution < -0.4 is 11.1 Å². The first kappa shape index (κ1) is 14.8. The molecule has 1 aromatic heterocycles. The maximum Gasteiger partial charge on any atom is 0.311 e. The summed E-state index contributed by atoms with van der Waals surface area (Å²) in [4.78, 5) is 14.6. The summed E-state index contributed by atoms with van der Waals surface area (Å²) in [7, 11) is 0. The van der Waals surface area contributed by atoms with Crippen molar-refractivity contribution < 1.29 is 4.92 Å². The third-order valence-corrected chi connectivity index (χ3v) is 3.08.